The number of hydrogen-bond donors (Lipinski definition) is 1. The molecule has 0 spiro atoms. The van der Waals surface area contributed by atoms with Gasteiger partial charge >= 0.3 is 0 Å². The Morgan fingerprint density at radius 1 is 1.19 bits per heavy atom. The highest BCUT2D eigenvalue weighted by Gasteiger charge is 2.29. The molecule has 0 saturated carbocycles. The van der Waals surface area contributed by atoms with E-state index >= 15 is 0 Å². The van der Waals surface area contributed by atoms with Gasteiger partial charge in [-0.15, -0.1) is 11.3 Å². The molecule has 1 N–H and O–H groups in total. The molecular formula is C24H22ClN4O2S+. The Morgan fingerprint density at radius 3 is 2.69 bits per heavy atom. The highest BCUT2D eigenvalue weighted by atomic mass is 35.5. The maximum absolute atomic E-state index is 12.8. The molecule has 32 heavy (non-hydrogen) atoms. The third kappa shape index (κ3) is 4.13. The van der Waals surface area contributed by atoms with Crippen LogP contribution in [0.5, 0.6) is 5.75 Å². The molecule has 8 heteroatoms. The summed E-state index contributed by atoms with van der Waals surface area (Å²) < 4.78 is 9.54. The minimum absolute atomic E-state index is 0.0893. The van der Waals surface area contributed by atoms with Crippen molar-refractivity contribution in [2.45, 2.75) is 25.9 Å². The van der Waals surface area contributed by atoms with Gasteiger partial charge in [-0.3, -0.25) is 10.1 Å². The number of aromatic nitrogens is 3. The second-order valence-electron chi connectivity index (χ2n) is 7.64. The molecule has 0 radical (unpaired) electrons. The minimum Gasteiger partial charge on any atom is -0.497 e. The Hall–Kier alpha value is -3.16. The van der Waals surface area contributed by atoms with Crippen LogP contribution in [0.1, 0.15) is 12.2 Å². The largest absolute Gasteiger partial charge is 0.497 e. The summed E-state index contributed by atoms with van der Waals surface area (Å²) in [5.41, 5.74) is 4.02. The molecule has 2 aromatic heterocycles. The number of fused-ring (bicyclic) bond motifs is 1. The minimum atomic E-state index is -0.0893. The number of halogens is 1. The summed E-state index contributed by atoms with van der Waals surface area (Å²) >= 11 is 7.47. The van der Waals surface area contributed by atoms with E-state index in [1.807, 2.05) is 58.5 Å². The topological polar surface area (TPSA) is 60.0 Å². The fourth-order valence-corrected chi connectivity index (χ4v) is 4.90. The lowest BCUT2D eigenvalue weighted by atomic mass is 10.2. The predicted molar refractivity (Wildman–Crippen MR) is 126 cm³/mol. The van der Waals surface area contributed by atoms with Gasteiger partial charge in [0.1, 0.15) is 11.9 Å². The van der Waals surface area contributed by atoms with E-state index in [0.29, 0.717) is 10.2 Å². The van der Waals surface area contributed by atoms with Crippen LogP contribution in [-0.4, -0.2) is 22.6 Å². The number of benzene rings is 2. The van der Waals surface area contributed by atoms with E-state index in [0.717, 1.165) is 47.7 Å². The number of methoxy groups -OCH3 is 1. The second-order valence-corrected chi connectivity index (χ2v) is 8.93. The van der Waals surface area contributed by atoms with Gasteiger partial charge in [-0.25, -0.2) is 14.1 Å². The maximum Gasteiger partial charge on any atom is 0.268 e. The van der Waals surface area contributed by atoms with Crippen LogP contribution in [0, 0.1) is 0 Å². The summed E-state index contributed by atoms with van der Waals surface area (Å²) in [5, 5.41) is 6.20. The maximum atomic E-state index is 12.8. The Bertz CT molecular complexity index is 1260. The normalized spacial score (nSPS) is 12.6. The van der Waals surface area contributed by atoms with Crippen molar-refractivity contribution in [1.82, 2.24) is 9.55 Å². The first kappa shape index (κ1) is 20.7. The van der Waals surface area contributed by atoms with Crippen LogP contribution in [0.4, 0.5) is 5.13 Å². The lowest BCUT2D eigenvalue weighted by Gasteiger charge is -2.01. The molecule has 0 bridgehead atoms. The van der Waals surface area contributed by atoms with Gasteiger partial charge in [-0.05, 0) is 55.0 Å². The van der Waals surface area contributed by atoms with Crippen molar-refractivity contribution in [2.24, 2.45) is 0 Å². The van der Waals surface area contributed by atoms with Crippen molar-refractivity contribution < 1.29 is 14.1 Å². The number of anilines is 1. The number of imidazole rings is 1. The molecule has 2 aromatic carbocycles. The number of thiazole rings is 1. The summed E-state index contributed by atoms with van der Waals surface area (Å²) in [6.45, 7) is 1.21. The molecule has 1 aliphatic rings. The average molecular weight is 466 g/mol. The smallest absolute Gasteiger partial charge is 0.268 e. The monoisotopic (exact) mass is 465 g/mol. The fraction of sp³-hybridized carbons (Fsp3) is 0.208. The highest BCUT2D eigenvalue weighted by molar-refractivity contribution is 7.14. The lowest BCUT2D eigenvalue weighted by Crippen LogP contribution is -2.42. The van der Waals surface area contributed by atoms with E-state index in [2.05, 4.69) is 21.1 Å². The molecule has 162 valence electrons. The lowest BCUT2D eigenvalue weighted by molar-refractivity contribution is -0.690. The molecule has 0 atom stereocenters. The van der Waals surface area contributed by atoms with E-state index in [9.17, 15) is 4.79 Å². The van der Waals surface area contributed by atoms with E-state index in [4.69, 9.17) is 16.3 Å². The van der Waals surface area contributed by atoms with Gasteiger partial charge < -0.3 is 4.74 Å². The van der Waals surface area contributed by atoms with Crippen molar-refractivity contribution in [3.8, 4) is 28.3 Å². The Kier molecular flexibility index (Phi) is 5.68. The van der Waals surface area contributed by atoms with Crippen LogP contribution in [0.25, 0.3) is 22.5 Å². The zero-order chi connectivity index (χ0) is 22.1. The molecule has 1 amide bonds. The molecule has 0 unspecified atom stereocenters. The number of ether oxygens (including phenoxy) is 1. The van der Waals surface area contributed by atoms with Gasteiger partial charge in [-0.1, -0.05) is 11.6 Å². The molecular weight excluding hydrogens is 444 g/mol. The first-order chi connectivity index (χ1) is 15.6. The third-order valence-corrected chi connectivity index (χ3v) is 6.59. The van der Waals surface area contributed by atoms with Gasteiger partial charge in [-0.2, -0.15) is 0 Å². The SMILES string of the molecule is COc1ccc(-c2csc(NC(=O)C[n+]3cc(-c4ccc(Cl)cc4)n4c3CCC4)n2)cc1. The quantitative estimate of drug-likeness (QED) is 0.415. The zero-order valence-corrected chi connectivity index (χ0v) is 19.1. The number of amides is 1. The number of hydrogen-bond acceptors (Lipinski definition) is 4. The molecule has 3 heterocycles. The van der Waals surface area contributed by atoms with Crippen LogP contribution in [0.3, 0.4) is 0 Å². The third-order valence-electron chi connectivity index (χ3n) is 5.58. The van der Waals surface area contributed by atoms with Gasteiger partial charge in [0.25, 0.3) is 11.7 Å². The van der Waals surface area contributed by atoms with Crippen molar-refractivity contribution in [3.05, 3.63) is 71.0 Å². The Morgan fingerprint density at radius 2 is 1.94 bits per heavy atom. The summed E-state index contributed by atoms with van der Waals surface area (Å²) in [4.78, 5) is 17.4. The highest BCUT2D eigenvalue weighted by Crippen LogP contribution is 2.27. The predicted octanol–water partition coefficient (Wildman–Crippen LogP) is 4.81. The molecule has 4 aromatic rings. The average Bonchev–Trinajstić information content (AvgIpc) is 3.53. The molecule has 5 rings (SSSR count). The second kappa shape index (κ2) is 8.76. The van der Waals surface area contributed by atoms with Crippen molar-refractivity contribution in [2.75, 3.05) is 12.4 Å². The summed E-state index contributed by atoms with van der Waals surface area (Å²) in [7, 11) is 1.64. The first-order valence-corrected chi connectivity index (χ1v) is 11.6. The van der Waals surface area contributed by atoms with Crippen LogP contribution >= 0.6 is 22.9 Å². The van der Waals surface area contributed by atoms with E-state index in [1.54, 1.807) is 7.11 Å². The number of rotatable bonds is 6. The van der Waals surface area contributed by atoms with Crippen LogP contribution in [0.15, 0.2) is 60.1 Å². The van der Waals surface area contributed by atoms with E-state index < -0.39 is 0 Å². The van der Waals surface area contributed by atoms with Gasteiger partial charge in [0.05, 0.1) is 25.8 Å². The molecule has 0 saturated heterocycles. The molecule has 1 aliphatic heterocycles. The summed E-state index contributed by atoms with van der Waals surface area (Å²) in [5.74, 6) is 1.88. The van der Waals surface area contributed by atoms with Gasteiger partial charge in [0.15, 0.2) is 17.4 Å². The first-order valence-electron chi connectivity index (χ1n) is 10.4. The van der Waals surface area contributed by atoms with Gasteiger partial charge in [0, 0.05) is 21.5 Å². The zero-order valence-electron chi connectivity index (χ0n) is 17.5. The van der Waals surface area contributed by atoms with Crippen molar-refractivity contribution in [3.63, 3.8) is 0 Å². The van der Waals surface area contributed by atoms with Crippen LogP contribution in [-0.2, 0) is 24.3 Å². The number of nitrogens with zero attached hydrogens (tertiary/aromatic N) is 3. The summed E-state index contributed by atoms with van der Waals surface area (Å²) in [6, 6.07) is 15.5. The van der Waals surface area contributed by atoms with E-state index in [-0.39, 0.29) is 12.5 Å². The number of carbonyl (C=O) groups is 1. The standard InChI is InChI=1S/C24H21ClN4O2S/c1-31-19-10-6-16(7-11-19)20-15-32-24(26-20)27-22(30)14-28-13-21(29-12-2-3-23(28)29)17-4-8-18(25)9-5-17/h4-11,13,15H,2-3,12,14H2,1H3/p+1. The summed E-state index contributed by atoms with van der Waals surface area (Å²) in [6.07, 6.45) is 4.10. The van der Waals surface area contributed by atoms with Crippen LogP contribution < -0.4 is 14.6 Å². The number of nitrogens with one attached hydrogen (secondary N) is 1. The van der Waals surface area contributed by atoms with Crippen molar-refractivity contribution >= 4 is 34.0 Å². The molecule has 0 aliphatic carbocycles. The molecule has 0 fully saturated rings. The fourth-order valence-electron chi connectivity index (χ4n) is 4.04. The number of carbonyl (C=O) groups excluding carboxylic acids is 1. The molecule has 6 nitrogen and oxygen atoms in total. The van der Waals surface area contributed by atoms with E-state index in [1.165, 1.54) is 17.2 Å². The van der Waals surface area contributed by atoms with Crippen LogP contribution in [0.2, 0.25) is 5.02 Å². The Balaban J connectivity index is 1.31. The van der Waals surface area contributed by atoms with Crippen molar-refractivity contribution in [1.29, 1.82) is 0 Å². The van der Waals surface area contributed by atoms with Gasteiger partial charge in [0.2, 0.25) is 0 Å². The Labute approximate surface area is 195 Å².